The quantitative estimate of drug-likeness (QED) is 0.768. The molecule has 20 heavy (non-hydrogen) atoms. The summed E-state index contributed by atoms with van der Waals surface area (Å²) in [6, 6.07) is 8.70. The Bertz CT molecular complexity index is 384. The van der Waals surface area contributed by atoms with Crippen LogP contribution >= 0.6 is 0 Å². The highest BCUT2D eigenvalue weighted by Crippen LogP contribution is 2.19. The van der Waals surface area contributed by atoms with Crippen molar-refractivity contribution in [3.8, 4) is 5.75 Å². The summed E-state index contributed by atoms with van der Waals surface area (Å²) in [5.74, 6) is 0.987. The summed E-state index contributed by atoms with van der Waals surface area (Å²) < 4.78 is 5.67. The van der Waals surface area contributed by atoms with Crippen molar-refractivity contribution in [3.05, 3.63) is 29.8 Å². The molecule has 2 atom stereocenters. The van der Waals surface area contributed by atoms with Crippen LogP contribution < -0.4 is 10.1 Å². The van der Waals surface area contributed by atoms with Gasteiger partial charge in [0, 0.05) is 6.04 Å². The minimum absolute atomic E-state index is 0.171. The second-order valence-corrected chi connectivity index (χ2v) is 6.17. The van der Waals surface area contributed by atoms with E-state index in [1.54, 1.807) is 0 Å². The summed E-state index contributed by atoms with van der Waals surface area (Å²) in [6.07, 6.45) is 2.19. The third-order valence-electron chi connectivity index (χ3n) is 4.06. The van der Waals surface area contributed by atoms with E-state index in [2.05, 4.69) is 24.4 Å². The van der Waals surface area contributed by atoms with Crippen molar-refractivity contribution >= 4 is 0 Å². The zero-order chi connectivity index (χ0) is 15.2. The summed E-state index contributed by atoms with van der Waals surface area (Å²) in [5, 5.41) is 13.4. The van der Waals surface area contributed by atoms with Gasteiger partial charge in [0.15, 0.2) is 0 Å². The van der Waals surface area contributed by atoms with Gasteiger partial charge in [0.2, 0.25) is 0 Å². The molecular weight excluding hydrogens is 250 g/mol. The van der Waals surface area contributed by atoms with Crippen LogP contribution in [0.5, 0.6) is 5.75 Å². The molecule has 0 saturated heterocycles. The fourth-order valence-corrected chi connectivity index (χ4v) is 1.68. The van der Waals surface area contributed by atoms with Gasteiger partial charge in [-0.15, -0.1) is 0 Å². The summed E-state index contributed by atoms with van der Waals surface area (Å²) >= 11 is 0. The molecule has 0 radical (unpaired) electrons. The van der Waals surface area contributed by atoms with Crippen molar-refractivity contribution in [2.75, 3.05) is 13.7 Å². The van der Waals surface area contributed by atoms with Crippen molar-refractivity contribution in [2.24, 2.45) is 5.92 Å². The molecule has 2 unspecified atom stereocenters. The van der Waals surface area contributed by atoms with Gasteiger partial charge in [0.1, 0.15) is 12.4 Å². The zero-order valence-corrected chi connectivity index (χ0v) is 13.4. The van der Waals surface area contributed by atoms with Gasteiger partial charge in [0.25, 0.3) is 0 Å². The molecule has 0 heterocycles. The first-order valence-electron chi connectivity index (χ1n) is 7.46. The van der Waals surface area contributed by atoms with Gasteiger partial charge in [0.05, 0.1) is 5.60 Å². The summed E-state index contributed by atoms with van der Waals surface area (Å²) in [4.78, 5) is 0. The molecule has 1 aromatic carbocycles. The van der Waals surface area contributed by atoms with Crippen molar-refractivity contribution in [3.63, 3.8) is 0 Å². The van der Waals surface area contributed by atoms with Crippen molar-refractivity contribution in [2.45, 2.75) is 52.2 Å². The Kier molecular flexibility index (Phi) is 6.50. The largest absolute Gasteiger partial charge is 0.491 e. The Morgan fingerprint density at radius 3 is 2.30 bits per heavy atom. The average Bonchev–Trinajstić information content (AvgIpc) is 2.43. The van der Waals surface area contributed by atoms with E-state index in [4.69, 9.17) is 4.74 Å². The molecule has 0 saturated carbocycles. The average molecular weight is 279 g/mol. The van der Waals surface area contributed by atoms with Crippen LogP contribution in [-0.4, -0.2) is 30.4 Å². The lowest BCUT2D eigenvalue weighted by Crippen LogP contribution is -2.37. The van der Waals surface area contributed by atoms with Crippen LogP contribution in [0, 0.1) is 5.92 Å². The van der Waals surface area contributed by atoms with Crippen LogP contribution in [0.2, 0.25) is 0 Å². The lowest BCUT2D eigenvalue weighted by molar-refractivity contribution is -0.0266. The smallest absolute Gasteiger partial charge is 0.119 e. The molecule has 1 aromatic rings. The molecule has 2 N–H and O–H groups in total. The molecule has 0 aromatic heterocycles. The number of benzene rings is 1. The van der Waals surface area contributed by atoms with E-state index in [9.17, 15) is 5.11 Å². The number of hydrogen-bond donors (Lipinski definition) is 2. The van der Waals surface area contributed by atoms with Gasteiger partial charge < -0.3 is 15.2 Å². The van der Waals surface area contributed by atoms with E-state index in [1.807, 2.05) is 40.0 Å². The molecule has 0 fully saturated rings. The Morgan fingerprint density at radius 1 is 1.20 bits per heavy atom. The van der Waals surface area contributed by atoms with Gasteiger partial charge in [-0.3, -0.25) is 0 Å². The molecule has 1 rings (SSSR count). The maximum atomic E-state index is 10.1. The van der Waals surface area contributed by atoms with Crippen LogP contribution in [-0.2, 0) is 6.42 Å². The standard InChI is InChI=1S/C17H29NO2/c1-13(2)17(4,19)12-20-16-10-8-15(9-11-16)7-6-14(3)18-5/h8-11,13-14,18-19H,6-7,12H2,1-5H3. The monoisotopic (exact) mass is 279 g/mol. The van der Waals surface area contributed by atoms with Gasteiger partial charge in [-0.1, -0.05) is 26.0 Å². The van der Waals surface area contributed by atoms with Crippen LogP contribution in [0.1, 0.15) is 39.7 Å². The maximum absolute atomic E-state index is 10.1. The predicted molar refractivity (Wildman–Crippen MR) is 84.2 cm³/mol. The molecule has 114 valence electrons. The van der Waals surface area contributed by atoms with Crippen molar-refractivity contribution in [1.29, 1.82) is 0 Å². The van der Waals surface area contributed by atoms with Gasteiger partial charge in [-0.2, -0.15) is 0 Å². The minimum atomic E-state index is -0.791. The van der Waals surface area contributed by atoms with E-state index in [-0.39, 0.29) is 5.92 Å². The fourth-order valence-electron chi connectivity index (χ4n) is 1.68. The first-order valence-corrected chi connectivity index (χ1v) is 7.46. The van der Waals surface area contributed by atoms with Gasteiger partial charge in [-0.05, 0) is 57.4 Å². The third-order valence-corrected chi connectivity index (χ3v) is 4.06. The van der Waals surface area contributed by atoms with Crippen LogP contribution in [0.25, 0.3) is 0 Å². The van der Waals surface area contributed by atoms with E-state index in [0.717, 1.165) is 18.6 Å². The van der Waals surface area contributed by atoms with E-state index in [0.29, 0.717) is 12.6 Å². The molecule has 0 aliphatic carbocycles. The van der Waals surface area contributed by atoms with Crippen molar-refractivity contribution in [1.82, 2.24) is 5.32 Å². The Hall–Kier alpha value is -1.06. The summed E-state index contributed by atoms with van der Waals surface area (Å²) in [6.45, 7) is 8.31. The lowest BCUT2D eigenvalue weighted by Gasteiger charge is -2.27. The normalized spacial score (nSPS) is 15.9. The molecule has 0 aliphatic heterocycles. The minimum Gasteiger partial charge on any atom is -0.491 e. The van der Waals surface area contributed by atoms with Gasteiger partial charge >= 0.3 is 0 Å². The second-order valence-electron chi connectivity index (χ2n) is 6.17. The van der Waals surface area contributed by atoms with Crippen molar-refractivity contribution < 1.29 is 9.84 Å². The first-order chi connectivity index (χ1) is 9.35. The highest BCUT2D eigenvalue weighted by atomic mass is 16.5. The fraction of sp³-hybridized carbons (Fsp3) is 0.647. The molecule has 3 nitrogen and oxygen atoms in total. The Balaban J connectivity index is 2.46. The Labute approximate surface area is 123 Å². The molecule has 0 amide bonds. The molecule has 3 heteroatoms. The summed E-state index contributed by atoms with van der Waals surface area (Å²) in [5.41, 5.74) is 0.524. The van der Waals surface area contributed by atoms with Crippen LogP contribution in [0.3, 0.4) is 0 Å². The second kappa shape index (κ2) is 7.65. The topological polar surface area (TPSA) is 41.5 Å². The molecule has 0 aliphatic rings. The number of ether oxygens (including phenoxy) is 1. The van der Waals surface area contributed by atoms with E-state index in [1.165, 1.54) is 5.56 Å². The van der Waals surface area contributed by atoms with Crippen LogP contribution in [0.4, 0.5) is 0 Å². The van der Waals surface area contributed by atoms with Crippen LogP contribution in [0.15, 0.2) is 24.3 Å². The van der Waals surface area contributed by atoms with E-state index < -0.39 is 5.60 Å². The molecule has 0 bridgehead atoms. The number of hydrogen-bond acceptors (Lipinski definition) is 3. The van der Waals surface area contributed by atoms with E-state index >= 15 is 0 Å². The number of nitrogens with one attached hydrogen (secondary N) is 1. The van der Waals surface area contributed by atoms with Gasteiger partial charge in [-0.25, -0.2) is 0 Å². The molecular formula is C17H29NO2. The number of aliphatic hydroxyl groups is 1. The highest BCUT2D eigenvalue weighted by Gasteiger charge is 2.25. The number of aryl methyl sites for hydroxylation is 1. The predicted octanol–water partition coefficient (Wildman–Crippen LogP) is 3.01. The zero-order valence-electron chi connectivity index (χ0n) is 13.4. The number of rotatable bonds is 8. The third kappa shape index (κ3) is 5.51. The highest BCUT2D eigenvalue weighted by molar-refractivity contribution is 5.27. The first kappa shape index (κ1) is 17.0. The SMILES string of the molecule is CNC(C)CCc1ccc(OCC(C)(O)C(C)C)cc1. The summed E-state index contributed by atoms with van der Waals surface area (Å²) in [7, 11) is 1.99. The lowest BCUT2D eigenvalue weighted by atomic mass is 9.94. The Morgan fingerprint density at radius 2 is 1.80 bits per heavy atom. The maximum Gasteiger partial charge on any atom is 0.119 e. The molecule has 0 spiro atoms.